The van der Waals surface area contributed by atoms with Gasteiger partial charge in [0.25, 0.3) is 5.69 Å². The van der Waals surface area contributed by atoms with Crippen LogP contribution in [0, 0.1) is 10.1 Å². The number of nitrogens with one attached hydrogen (secondary N) is 1. The normalized spacial score (nSPS) is 10.4. The number of rotatable bonds is 5. The van der Waals surface area contributed by atoms with E-state index in [0.29, 0.717) is 11.3 Å². The standard InChI is InChI=1S/C17H14N2O5/c1-24-17(21)13-8-5-12(6-9-13)7-10-16(20)18-14-3-2-4-15(11-14)19(22)23/h2-11H,1H3,(H,18,20)/b10-7+. The summed E-state index contributed by atoms with van der Waals surface area (Å²) in [6, 6.07) is 12.2. The molecule has 1 N–H and O–H groups in total. The van der Waals surface area contributed by atoms with Gasteiger partial charge in [0.1, 0.15) is 0 Å². The van der Waals surface area contributed by atoms with Gasteiger partial charge in [-0.15, -0.1) is 0 Å². The molecule has 0 aromatic heterocycles. The summed E-state index contributed by atoms with van der Waals surface area (Å²) in [5, 5.41) is 13.2. The lowest BCUT2D eigenvalue weighted by atomic mass is 10.1. The molecule has 1 amide bonds. The Bertz CT molecular complexity index is 797. The van der Waals surface area contributed by atoms with Crippen LogP contribution in [0.1, 0.15) is 15.9 Å². The van der Waals surface area contributed by atoms with E-state index in [1.807, 2.05) is 0 Å². The summed E-state index contributed by atoms with van der Waals surface area (Å²) < 4.78 is 4.60. The Labute approximate surface area is 137 Å². The average molecular weight is 326 g/mol. The number of hydrogen-bond acceptors (Lipinski definition) is 5. The van der Waals surface area contributed by atoms with Crippen LogP contribution in [0.2, 0.25) is 0 Å². The molecule has 2 rings (SSSR count). The highest BCUT2D eigenvalue weighted by molar-refractivity contribution is 6.02. The van der Waals surface area contributed by atoms with E-state index in [2.05, 4.69) is 10.1 Å². The van der Waals surface area contributed by atoms with E-state index in [9.17, 15) is 19.7 Å². The summed E-state index contributed by atoms with van der Waals surface area (Å²) in [5.41, 5.74) is 1.36. The first kappa shape index (κ1) is 16.9. The van der Waals surface area contributed by atoms with Crippen molar-refractivity contribution in [2.45, 2.75) is 0 Å². The third kappa shape index (κ3) is 4.51. The van der Waals surface area contributed by atoms with Gasteiger partial charge in [0.15, 0.2) is 0 Å². The third-order valence-electron chi connectivity index (χ3n) is 3.08. The van der Waals surface area contributed by atoms with E-state index in [1.165, 1.54) is 31.4 Å². The van der Waals surface area contributed by atoms with E-state index < -0.39 is 16.8 Å². The number of nitro groups is 1. The smallest absolute Gasteiger partial charge is 0.337 e. The number of benzene rings is 2. The molecule has 0 aliphatic carbocycles. The third-order valence-corrected chi connectivity index (χ3v) is 3.08. The molecule has 2 aromatic rings. The number of hydrogen-bond donors (Lipinski definition) is 1. The van der Waals surface area contributed by atoms with Crippen molar-refractivity contribution < 1.29 is 19.2 Å². The molecular formula is C17H14N2O5. The van der Waals surface area contributed by atoms with E-state index in [-0.39, 0.29) is 5.69 Å². The van der Waals surface area contributed by atoms with Crippen LogP contribution in [0.15, 0.2) is 54.6 Å². The van der Waals surface area contributed by atoms with Crippen molar-refractivity contribution in [3.05, 3.63) is 75.8 Å². The minimum Gasteiger partial charge on any atom is -0.465 e. The highest BCUT2D eigenvalue weighted by atomic mass is 16.6. The molecule has 7 heteroatoms. The van der Waals surface area contributed by atoms with Gasteiger partial charge < -0.3 is 10.1 Å². The second-order valence-corrected chi connectivity index (χ2v) is 4.74. The highest BCUT2D eigenvalue weighted by Gasteiger charge is 2.07. The molecule has 2 aromatic carbocycles. The van der Waals surface area contributed by atoms with Gasteiger partial charge in [-0.05, 0) is 29.8 Å². The van der Waals surface area contributed by atoms with Crippen LogP contribution in [0.3, 0.4) is 0 Å². The van der Waals surface area contributed by atoms with Gasteiger partial charge in [0.05, 0.1) is 17.6 Å². The molecule has 24 heavy (non-hydrogen) atoms. The molecule has 0 aliphatic heterocycles. The highest BCUT2D eigenvalue weighted by Crippen LogP contribution is 2.17. The quantitative estimate of drug-likeness (QED) is 0.394. The van der Waals surface area contributed by atoms with Crippen molar-refractivity contribution in [3.8, 4) is 0 Å². The molecule has 0 unspecified atom stereocenters. The number of methoxy groups -OCH3 is 1. The number of nitrogens with zero attached hydrogens (tertiary/aromatic N) is 1. The summed E-state index contributed by atoms with van der Waals surface area (Å²) in [6.45, 7) is 0. The minimum absolute atomic E-state index is 0.102. The topological polar surface area (TPSA) is 98.5 Å². The fourth-order valence-corrected chi connectivity index (χ4v) is 1.90. The molecule has 0 aliphatic rings. The fourth-order valence-electron chi connectivity index (χ4n) is 1.90. The van der Waals surface area contributed by atoms with Crippen LogP contribution in [-0.4, -0.2) is 23.9 Å². The second-order valence-electron chi connectivity index (χ2n) is 4.74. The van der Waals surface area contributed by atoms with Crippen LogP contribution >= 0.6 is 0 Å². The number of esters is 1. The molecule has 0 fully saturated rings. The van der Waals surface area contributed by atoms with Gasteiger partial charge in [-0.3, -0.25) is 14.9 Å². The number of anilines is 1. The summed E-state index contributed by atoms with van der Waals surface area (Å²) in [4.78, 5) is 33.3. The zero-order valence-corrected chi connectivity index (χ0v) is 12.8. The van der Waals surface area contributed by atoms with Crippen molar-refractivity contribution in [1.82, 2.24) is 0 Å². The SMILES string of the molecule is COC(=O)c1ccc(/C=C/C(=O)Nc2cccc([N+](=O)[O-])c2)cc1. The van der Waals surface area contributed by atoms with Gasteiger partial charge in [-0.1, -0.05) is 18.2 Å². The van der Waals surface area contributed by atoms with Gasteiger partial charge in [-0.2, -0.15) is 0 Å². The van der Waals surface area contributed by atoms with E-state index in [4.69, 9.17) is 0 Å². The number of non-ortho nitro benzene ring substituents is 1. The van der Waals surface area contributed by atoms with Crippen LogP contribution < -0.4 is 5.32 Å². The Morgan fingerprint density at radius 2 is 1.88 bits per heavy atom. The van der Waals surface area contributed by atoms with Crippen LogP contribution in [0.25, 0.3) is 6.08 Å². The molecule has 122 valence electrons. The Hall–Kier alpha value is -3.48. The van der Waals surface area contributed by atoms with E-state index in [1.54, 1.807) is 36.4 Å². The summed E-state index contributed by atoms with van der Waals surface area (Å²) in [5.74, 6) is -0.860. The van der Waals surface area contributed by atoms with Crippen molar-refractivity contribution in [2.24, 2.45) is 0 Å². The van der Waals surface area contributed by atoms with Crippen molar-refractivity contribution in [1.29, 1.82) is 0 Å². The zero-order valence-electron chi connectivity index (χ0n) is 12.8. The molecule has 0 saturated carbocycles. The first-order chi connectivity index (χ1) is 11.5. The molecular weight excluding hydrogens is 312 g/mol. The summed E-state index contributed by atoms with van der Waals surface area (Å²) in [7, 11) is 1.30. The second kappa shape index (κ2) is 7.68. The molecule has 0 spiro atoms. The van der Waals surface area contributed by atoms with Crippen LogP contribution in [0.5, 0.6) is 0 Å². The molecule has 7 nitrogen and oxygen atoms in total. The van der Waals surface area contributed by atoms with Crippen molar-refractivity contribution in [3.63, 3.8) is 0 Å². The average Bonchev–Trinajstić information content (AvgIpc) is 2.60. The van der Waals surface area contributed by atoms with Gasteiger partial charge >= 0.3 is 5.97 Å². The first-order valence-corrected chi connectivity index (χ1v) is 6.91. The van der Waals surface area contributed by atoms with Crippen molar-refractivity contribution in [2.75, 3.05) is 12.4 Å². The lowest BCUT2D eigenvalue weighted by Gasteiger charge is -2.02. The van der Waals surface area contributed by atoms with Gasteiger partial charge in [-0.25, -0.2) is 4.79 Å². The monoisotopic (exact) mass is 326 g/mol. The lowest BCUT2D eigenvalue weighted by molar-refractivity contribution is -0.384. The maximum absolute atomic E-state index is 11.8. The number of ether oxygens (including phenoxy) is 1. The molecule has 0 saturated heterocycles. The Morgan fingerprint density at radius 3 is 2.50 bits per heavy atom. The maximum Gasteiger partial charge on any atom is 0.337 e. The molecule has 0 heterocycles. The number of amides is 1. The van der Waals surface area contributed by atoms with E-state index >= 15 is 0 Å². The molecule has 0 bridgehead atoms. The Balaban J connectivity index is 2.01. The Morgan fingerprint density at radius 1 is 1.17 bits per heavy atom. The van der Waals surface area contributed by atoms with Crippen LogP contribution in [-0.2, 0) is 9.53 Å². The fraction of sp³-hybridized carbons (Fsp3) is 0.0588. The summed E-state index contributed by atoms with van der Waals surface area (Å²) >= 11 is 0. The van der Waals surface area contributed by atoms with Crippen molar-refractivity contribution >= 4 is 29.3 Å². The minimum atomic E-state index is -0.533. The van der Waals surface area contributed by atoms with E-state index in [0.717, 1.165) is 5.56 Å². The largest absolute Gasteiger partial charge is 0.465 e. The predicted octanol–water partition coefficient (Wildman–Crippen LogP) is 3.03. The Kier molecular flexibility index (Phi) is 5.40. The number of carbonyl (C=O) groups is 2. The number of carbonyl (C=O) groups excluding carboxylic acids is 2. The van der Waals surface area contributed by atoms with Gasteiger partial charge in [0.2, 0.25) is 5.91 Å². The molecule has 0 radical (unpaired) electrons. The first-order valence-electron chi connectivity index (χ1n) is 6.91. The zero-order chi connectivity index (χ0) is 17.5. The van der Waals surface area contributed by atoms with Gasteiger partial charge in [0, 0.05) is 23.9 Å². The lowest BCUT2D eigenvalue weighted by Crippen LogP contribution is -2.07. The number of nitro benzene ring substituents is 1. The molecule has 0 atom stereocenters. The van der Waals surface area contributed by atoms with Crippen LogP contribution in [0.4, 0.5) is 11.4 Å². The summed E-state index contributed by atoms with van der Waals surface area (Å²) in [6.07, 6.45) is 2.86. The predicted molar refractivity (Wildman–Crippen MR) is 88.5 cm³/mol. The maximum atomic E-state index is 11.8.